The fourth-order valence-electron chi connectivity index (χ4n) is 7.83. The number of likely N-dealkylation sites (N-methyl/N-ethyl adjacent to an activating group) is 1. The first-order valence-corrected chi connectivity index (χ1v) is 14.3. The van der Waals surface area contributed by atoms with Crippen LogP contribution in [0.1, 0.15) is 60.6 Å². The van der Waals surface area contributed by atoms with Crippen LogP contribution in [0.15, 0.2) is 28.7 Å². The van der Waals surface area contributed by atoms with E-state index in [9.17, 15) is 34.8 Å². The van der Waals surface area contributed by atoms with Gasteiger partial charge in [0.1, 0.15) is 22.8 Å². The SMILES string of the molecule is CCCN(CC)C1CCN(C)c2c1cc(O)c1c2C[C@@H]2C[C@@H]3[C@@H](N(C)C)C(O)=C(C(N)=O)C(=O)[C@@]3(O)C(O)=C2C1=O. The number of carbonyl (C=O) groups excluding carboxylic acids is 3. The zero-order valence-corrected chi connectivity index (χ0v) is 24.3. The van der Waals surface area contributed by atoms with Crippen molar-refractivity contribution < 1.29 is 34.8 Å². The maximum atomic E-state index is 14.1. The van der Waals surface area contributed by atoms with Crippen molar-refractivity contribution in [3.63, 3.8) is 0 Å². The number of allylic oxidation sites excluding steroid dienone is 1. The largest absolute Gasteiger partial charge is 0.510 e. The number of phenolic OH excluding ortho intramolecular Hbond substituents is 1. The molecule has 1 unspecified atom stereocenters. The van der Waals surface area contributed by atoms with Crippen molar-refractivity contribution in [1.82, 2.24) is 9.80 Å². The second-order valence-corrected chi connectivity index (χ2v) is 12.0. The monoisotopic (exact) mass is 568 g/mol. The Kier molecular flexibility index (Phi) is 7.20. The smallest absolute Gasteiger partial charge is 0.255 e. The average molecular weight is 569 g/mol. The summed E-state index contributed by atoms with van der Waals surface area (Å²) in [6.07, 6.45) is 2.20. The molecule has 0 saturated heterocycles. The van der Waals surface area contributed by atoms with E-state index < -0.39 is 58.0 Å². The molecule has 5 atom stereocenters. The van der Waals surface area contributed by atoms with Crippen LogP contribution >= 0.6 is 0 Å². The van der Waals surface area contributed by atoms with Crippen LogP contribution in [0, 0.1) is 11.8 Å². The highest BCUT2D eigenvalue weighted by atomic mass is 16.3. The first-order valence-electron chi connectivity index (χ1n) is 14.3. The van der Waals surface area contributed by atoms with E-state index in [1.54, 1.807) is 25.1 Å². The number of benzene rings is 1. The second kappa shape index (κ2) is 10.1. The zero-order valence-electron chi connectivity index (χ0n) is 24.3. The molecule has 5 rings (SSSR count). The number of hydrogen-bond acceptors (Lipinski definition) is 10. The zero-order chi connectivity index (χ0) is 30.1. The Morgan fingerprint density at radius 2 is 1.88 bits per heavy atom. The first-order chi connectivity index (χ1) is 19.3. The van der Waals surface area contributed by atoms with Gasteiger partial charge in [0.25, 0.3) is 5.91 Å². The molecule has 11 heteroatoms. The summed E-state index contributed by atoms with van der Waals surface area (Å²) in [6, 6.07) is 0.698. The van der Waals surface area contributed by atoms with Crippen LogP contribution < -0.4 is 10.6 Å². The normalized spacial score (nSPS) is 29.5. The molecule has 0 radical (unpaired) electrons. The van der Waals surface area contributed by atoms with Crippen LogP contribution in [0.2, 0.25) is 0 Å². The lowest BCUT2D eigenvalue weighted by Crippen LogP contribution is -2.63. The van der Waals surface area contributed by atoms with Crippen molar-refractivity contribution in [3.8, 4) is 5.75 Å². The van der Waals surface area contributed by atoms with Gasteiger partial charge in [0, 0.05) is 36.8 Å². The highest BCUT2D eigenvalue weighted by Crippen LogP contribution is 2.54. The van der Waals surface area contributed by atoms with E-state index in [1.807, 2.05) is 7.05 Å². The first kappa shape index (κ1) is 29.1. The number of aromatic hydroxyl groups is 1. The molecule has 0 spiro atoms. The Morgan fingerprint density at radius 1 is 1.20 bits per heavy atom. The number of aliphatic hydroxyl groups excluding tert-OH is 2. The minimum Gasteiger partial charge on any atom is -0.510 e. The Bertz CT molecular complexity index is 1400. The van der Waals surface area contributed by atoms with E-state index >= 15 is 0 Å². The van der Waals surface area contributed by atoms with E-state index in [-0.39, 0.29) is 35.8 Å². The van der Waals surface area contributed by atoms with Crippen molar-refractivity contribution in [2.75, 3.05) is 45.7 Å². The third-order valence-electron chi connectivity index (χ3n) is 9.56. The Hall–Kier alpha value is -3.41. The van der Waals surface area contributed by atoms with Gasteiger partial charge in [-0.1, -0.05) is 13.8 Å². The van der Waals surface area contributed by atoms with Gasteiger partial charge in [0.2, 0.25) is 5.78 Å². The predicted molar refractivity (Wildman–Crippen MR) is 152 cm³/mol. The van der Waals surface area contributed by atoms with Gasteiger partial charge < -0.3 is 31.1 Å². The van der Waals surface area contributed by atoms with E-state index in [1.165, 1.54) is 0 Å². The molecule has 1 aromatic carbocycles. The number of ketones is 2. The Balaban J connectivity index is 1.70. The molecular formula is C30H40N4O7. The van der Waals surface area contributed by atoms with Gasteiger partial charge in [0.05, 0.1) is 11.6 Å². The number of nitrogens with two attached hydrogens (primary N) is 1. The number of nitrogens with zero attached hydrogens (tertiary/aromatic N) is 3. The molecule has 1 heterocycles. The molecule has 0 bridgehead atoms. The van der Waals surface area contributed by atoms with Crippen molar-refractivity contribution in [2.45, 2.75) is 57.2 Å². The summed E-state index contributed by atoms with van der Waals surface area (Å²) < 4.78 is 0. The molecule has 41 heavy (non-hydrogen) atoms. The molecule has 222 valence electrons. The Labute approximate surface area is 239 Å². The number of amides is 1. The van der Waals surface area contributed by atoms with Gasteiger partial charge in [-0.3, -0.25) is 24.2 Å². The molecule has 1 aromatic rings. The van der Waals surface area contributed by atoms with Crippen LogP contribution in [-0.4, -0.2) is 100 Å². The molecule has 4 aliphatic rings. The van der Waals surface area contributed by atoms with Gasteiger partial charge in [-0.05, 0) is 76.0 Å². The number of anilines is 1. The topological polar surface area (TPSA) is 168 Å². The average Bonchev–Trinajstić information content (AvgIpc) is 2.89. The van der Waals surface area contributed by atoms with Gasteiger partial charge >= 0.3 is 0 Å². The number of Topliss-reactive ketones (excluding diaryl/α,β-unsaturated/α-hetero) is 2. The highest BCUT2D eigenvalue weighted by molar-refractivity contribution is 6.24. The molecule has 11 nitrogen and oxygen atoms in total. The molecular weight excluding hydrogens is 528 g/mol. The molecule has 1 amide bonds. The van der Waals surface area contributed by atoms with Crippen LogP contribution in [-0.2, 0) is 16.0 Å². The summed E-state index contributed by atoms with van der Waals surface area (Å²) in [5.74, 6) is -6.41. The number of fused-ring (bicyclic) bond motifs is 5. The third kappa shape index (κ3) is 4.00. The fourth-order valence-corrected chi connectivity index (χ4v) is 7.83. The van der Waals surface area contributed by atoms with Crippen molar-refractivity contribution >= 4 is 23.2 Å². The van der Waals surface area contributed by atoms with Crippen molar-refractivity contribution in [2.24, 2.45) is 17.6 Å². The van der Waals surface area contributed by atoms with Crippen LogP contribution in [0.25, 0.3) is 0 Å². The number of hydrogen-bond donors (Lipinski definition) is 5. The number of aliphatic hydroxyl groups is 3. The lowest BCUT2D eigenvalue weighted by Gasteiger charge is -2.50. The number of rotatable bonds is 6. The van der Waals surface area contributed by atoms with Crippen molar-refractivity contribution in [3.05, 3.63) is 45.4 Å². The van der Waals surface area contributed by atoms with Gasteiger partial charge in [-0.15, -0.1) is 0 Å². The Morgan fingerprint density at radius 3 is 2.46 bits per heavy atom. The quantitative estimate of drug-likeness (QED) is 0.319. The lowest BCUT2D eigenvalue weighted by molar-refractivity contribution is -0.148. The maximum absolute atomic E-state index is 14.1. The summed E-state index contributed by atoms with van der Waals surface area (Å²) >= 11 is 0. The lowest BCUT2D eigenvalue weighted by atomic mass is 9.58. The number of carbonyl (C=O) groups is 3. The molecule has 6 N–H and O–H groups in total. The van der Waals surface area contributed by atoms with E-state index in [0.717, 1.165) is 43.7 Å². The minimum absolute atomic E-state index is 0.0515. The van der Waals surface area contributed by atoms with Gasteiger partial charge in [-0.2, -0.15) is 0 Å². The standard InChI is InChI=1S/C30H40N4O7/c1-6-9-34(7-2)18-8-10-33(5)23-15(18)13-19(35)21-16(23)11-14-12-17-24(32(3)4)26(37)22(29(31)40)28(39)30(17,41)27(38)20(14)25(21)36/h13-14,17-18,24,35,37-38,41H,6-12H2,1-5H3,(H2,31,40)/t14-,17-,18?,24-,30+/m1/s1. The molecule has 0 fully saturated rings. The predicted octanol–water partition coefficient (Wildman–Crippen LogP) is 1.73. The van der Waals surface area contributed by atoms with E-state index in [4.69, 9.17) is 5.73 Å². The van der Waals surface area contributed by atoms with Crippen LogP contribution in [0.5, 0.6) is 5.75 Å². The summed E-state index contributed by atoms with van der Waals surface area (Å²) in [5.41, 5.74) is 4.38. The highest BCUT2D eigenvalue weighted by Gasteiger charge is 2.63. The summed E-state index contributed by atoms with van der Waals surface area (Å²) in [4.78, 5) is 45.7. The summed E-state index contributed by atoms with van der Waals surface area (Å²) in [7, 11) is 5.20. The van der Waals surface area contributed by atoms with E-state index in [0.29, 0.717) is 5.56 Å². The number of phenols is 1. The van der Waals surface area contributed by atoms with Crippen LogP contribution in [0.3, 0.4) is 0 Å². The van der Waals surface area contributed by atoms with Crippen LogP contribution in [0.4, 0.5) is 5.69 Å². The summed E-state index contributed by atoms with van der Waals surface area (Å²) in [5, 5.41) is 45.5. The van der Waals surface area contributed by atoms with Gasteiger partial charge in [-0.25, -0.2) is 0 Å². The molecule has 3 aliphatic carbocycles. The molecule has 0 saturated carbocycles. The number of primary amides is 1. The minimum atomic E-state index is -2.64. The fraction of sp³-hybridized carbons (Fsp3) is 0.567. The second-order valence-electron chi connectivity index (χ2n) is 12.0. The van der Waals surface area contributed by atoms with Gasteiger partial charge in [0.15, 0.2) is 11.4 Å². The van der Waals surface area contributed by atoms with E-state index in [2.05, 4.69) is 23.6 Å². The summed E-state index contributed by atoms with van der Waals surface area (Å²) in [6.45, 7) is 6.73. The molecule has 0 aromatic heterocycles. The maximum Gasteiger partial charge on any atom is 0.255 e. The third-order valence-corrected chi connectivity index (χ3v) is 9.56. The molecule has 1 aliphatic heterocycles. The van der Waals surface area contributed by atoms with Crippen molar-refractivity contribution in [1.29, 1.82) is 0 Å².